The molecule has 0 unspecified atom stereocenters. The molecule has 0 bridgehead atoms. The molecule has 0 spiro atoms. The number of halogens is 2. The number of hydrogen-bond donors (Lipinski definition) is 1. The minimum atomic E-state index is -0.485. The molecular formula is C17H15Cl2N3O4. The number of morpholine rings is 1. The Hall–Kier alpha value is -2.35. The molecule has 0 saturated carbocycles. The monoisotopic (exact) mass is 395 g/mol. The molecule has 0 aromatic heterocycles. The topological polar surface area (TPSA) is 84.7 Å². The maximum atomic E-state index is 12.4. The molecule has 0 radical (unpaired) electrons. The van der Waals surface area contributed by atoms with Crippen LogP contribution in [0.1, 0.15) is 10.4 Å². The Morgan fingerprint density at radius 1 is 1.12 bits per heavy atom. The van der Waals surface area contributed by atoms with E-state index in [4.69, 9.17) is 27.9 Å². The summed E-state index contributed by atoms with van der Waals surface area (Å²) < 4.78 is 5.27. The Balaban J connectivity index is 1.85. The van der Waals surface area contributed by atoms with E-state index in [9.17, 15) is 14.9 Å². The maximum absolute atomic E-state index is 12.4. The van der Waals surface area contributed by atoms with Crippen molar-refractivity contribution in [1.82, 2.24) is 0 Å². The number of nitrogens with one attached hydrogen (secondary N) is 1. The van der Waals surface area contributed by atoms with E-state index >= 15 is 0 Å². The van der Waals surface area contributed by atoms with Crippen LogP contribution in [0.5, 0.6) is 0 Å². The zero-order chi connectivity index (χ0) is 18.7. The lowest BCUT2D eigenvalue weighted by Crippen LogP contribution is -2.36. The first-order chi connectivity index (χ1) is 12.5. The summed E-state index contributed by atoms with van der Waals surface area (Å²) in [5, 5.41) is 14.8. The van der Waals surface area contributed by atoms with Gasteiger partial charge in [0.25, 0.3) is 11.6 Å². The van der Waals surface area contributed by atoms with Crippen molar-refractivity contribution in [3.63, 3.8) is 0 Å². The molecule has 7 nitrogen and oxygen atoms in total. The third-order valence-electron chi connectivity index (χ3n) is 3.96. The number of nitrogens with zero attached hydrogens (tertiary/aromatic N) is 2. The number of hydrogen-bond acceptors (Lipinski definition) is 5. The molecule has 1 N–H and O–H groups in total. The van der Waals surface area contributed by atoms with E-state index in [1.54, 1.807) is 24.3 Å². The van der Waals surface area contributed by atoms with Crippen LogP contribution in [0.15, 0.2) is 36.4 Å². The van der Waals surface area contributed by atoms with Crippen LogP contribution in [0.25, 0.3) is 0 Å². The average Bonchev–Trinajstić information content (AvgIpc) is 2.65. The van der Waals surface area contributed by atoms with E-state index in [2.05, 4.69) is 5.32 Å². The minimum absolute atomic E-state index is 0.117. The van der Waals surface area contributed by atoms with Gasteiger partial charge in [-0.15, -0.1) is 0 Å². The first-order valence-corrected chi connectivity index (χ1v) is 8.59. The van der Waals surface area contributed by atoms with Crippen LogP contribution >= 0.6 is 23.2 Å². The van der Waals surface area contributed by atoms with Gasteiger partial charge >= 0.3 is 0 Å². The second-order valence-corrected chi connectivity index (χ2v) is 6.46. The number of carbonyl (C=O) groups excluding carboxylic acids is 1. The van der Waals surface area contributed by atoms with Crippen LogP contribution in [0, 0.1) is 10.1 Å². The molecule has 2 aromatic carbocycles. The summed E-state index contributed by atoms with van der Waals surface area (Å²) in [5.74, 6) is -0.472. The van der Waals surface area contributed by atoms with Crippen LogP contribution in [-0.4, -0.2) is 37.1 Å². The van der Waals surface area contributed by atoms with E-state index < -0.39 is 10.8 Å². The number of ether oxygens (including phenoxy) is 1. The summed E-state index contributed by atoms with van der Waals surface area (Å²) in [6, 6.07) is 9.10. The van der Waals surface area contributed by atoms with E-state index in [0.29, 0.717) is 47.7 Å². The van der Waals surface area contributed by atoms with E-state index in [0.717, 1.165) is 0 Å². The molecule has 2 aromatic rings. The third-order valence-corrected chi connectivity index (χ3v) is 4.70. The second kappa shape index (κ2) is 7.90. The third kappa shape index (κ3) is 4.07. The van der Waals surface area contributed by atoms with Gasteiger partial charge in [0.1, 0.15) is 5.69 Å². The van der Waals surface area contributed by atoms with Crippen molar-refractivity contribution in [2.24, 2.45) is 0 Å². The van der Waals surface area contributed by atoms with Crippen molar-refractivity contribution in [3.05, 3.63) is 62.1 Å². The van der Waals surface area contributed by atoms with Crippen molar-refractivity contribution < 1.29 is 14.5 Å². The number of carbonyl (C=O) groups is 1. The number of benzene rings is 2. The number of nitro groups is 1. The number of anilines is 2. The van der Waals surface area contributed by atoms with Gasteiger partial charge in [-0.25, -0.2) is 0 Å². The number of nitro benzene ring substituents is 1. The maximum Gasteiger partial charge on any atom is 0.293 e. The van der Waals surface area contributed by atoms with Crippen LogP contribution in [0.4, 0.5) is 17.1 Å². The van der Waals surface area contributed by atoms with Gasteiger partial charge < -0.3 is 15.0 Å². The Morgan fingerprint density at radius 2 is 1.85 bits per heavy atom. The van der Waals surface area contributed by atoms with Crippen LogP contribution < -0.4 is 10.2 Å². The molecule has 136 valence electrons. The fourth-order valence-corrected chi connectivity index (χ4v) is 2.96. The van der Waals surface area contributed by atoms with Gasteiger partial charge in [-0.1, -0.05) is 23.2 Å². The fourth-order valence-electron chi connectivity index (χ4n) is 2.66. The standard InChI is InChI=1S/C17H15Cl2N3O4/c18-13-3-2-12(10-14(13)19)20-17(23)11-1-4-15(16(9-11)22(24)25)21-5-7-26-8-6-21/h1-4,9-10H,5-8H2,(H,20,23). The summed E-state index contributed by atoms with van der Waals surface area (Å²) in [5.41, 5.74) is 0.988. The van der Waals surface area contributed by atoms with Crippen LogP contribution in [0.2, 0.25) is 10.0 Å². The Bertz CT molecular complexity index is 854. The van der Waals surface area contributed by atoms with Gasteiger partial charge in [0.2, 0.25) is 0 Å². The molecule has 0 atom stereocenters. The van der Waals surface area contributed by atoms with Crippen molar-refractivity contribution in [2.45, 2.75) is 0 Å². The molecule has 1 saturated heterocycles. The lowest BCUT2D eigenvalue weighted by atomic mass is 10.1. The second-order valence-electron chi connectivity index (χ2n) is 5.64. The zero-order valence-corrected chi connectivity index (χ0v) is 15.1. The van der Waals surface area contributed by atoms with E-state index in [1.807, 2.05) is 4.90 Å². The smallest absolute Gasteiger partial charge is 0.293 e. The first kappa shape index (κ1) is 18.4. The fraction of sp³-hybridized carbons (Fsp3) is 0.235. The number of rotatable bonds is 4. The van der Waals surface area contributed by atoms with E-state index in [1.165, 1.54) is 12.1 Å². The molecule has 1 fully saturated rings. The lowest BCUT2D eigenvalue weighted by Gasteiger charge is -2.28. The first-order valence-electron chi connectivity index (χ1n) is 7.83. The predicted molar refractivity (Wildman–Crippen MR) is 101 cm³/mol. The number of amides is 1. The lowest BCUT2D eigenvalue weighted by molar-refractivity contribution is -0.384. The van der Waals surface area contributed by atoms with Gasteiger partial charge in [-0.2, -0.15) is 0 Å². The molecule has 9 heteroatoms. The Kier molecular flexibility index (Phi) is 5.61. The zero-order valence-electron chi connectivity index (χ0n) is 13.6. The SMILES string of the molecule is O=C(Nc1ccc(Cl)c(Cl)c1)c1ccc(N2CCOCC2)c([N+](=O)[O-])c1. The van der Waals surface area contributed by atoms with Crippen molar-refractivity contribution in [2.75, 3.05) is 36.5 Å². The van der Waals surface area contributed by atoms with Crippen LogP contribution in [-0.2, 0) is 4.74 Å². The summed E-state index contributed by atoms with van der Waals surface area (Å²) in [6.45, 7) is 2.15. The summed E-state index contributed by atoms with van der Waals surface area (Å²) in [7, 11) is 0. The van der Waals surface area contributed by atoms with Gasteiger partial charge in [-0.05, 0) is 30.3 Å². The molecule has 1 amide bonds. The highest BCUT2D eigenvalue weighted by Crippen LogP contribution is 2.30. The van der Waals surface area contributed by atoms with Crippen molar-refractivity contribution in [3.8, 4) is 0 Å². The largest absolute Gasteiger partial charge is 0.378 e. The minimum Gasteiger partial charge on any atom is -0.378 e. The van der Waals surface area contributed by atoms with Gasteiger partial charge in [0, 0.05) is 30.4 Å². The Labute approximate surface area is 159 Å². The average molecular weight is 396 g/mol. The van der Waals surface area contributed by atoms with Gasteiger partial charge in [-0.3, -0.25) is 14.9 Å². The highest BCUT2D eigenvalue weighted by molar-refractivity contribution is 6.42. The highest BCUT2D eigenvalue weighted by Gasteiger charge is 2.23. The normalized spacial score (nSPS) is 14.2. The van der Waals surface area contributed by atoms with Crippen molar-refractivity contribution in [1.29, 1.82) is 0 Å². The quantitative estimate of drug-likeness (QED) is 0.624. The molecule has 1 aliphatic heterocycles. The van der Waals surface area contributed by atoms with Gasteiger partial charge in [0.05, 0.1) is 28.2 Å². The molecule has 0 aliphatic carbocycles. The summed E-state index contributed by atoms with van der Waals surface area (Å²) in [6.07, 6.45) is 0. The summed E-state index contributed by atoms with van der Waals surface area (Å²) in [4.78, 5) is 25.3. The highest BCUT2D eigenvalue weighted by atomic mass is 35.5. The van der Waals surface area contributed by atoms with Crippen molar-refractivity contribution >= 4 is 46.2 Å². The predicted octanol–water partition coefficient (Wildman–Crippen LogP) is 3.99. The Morgan fingerprint density at radius 3 is 2.50 bits per heavy atom. The molecule has 1 heterocycles. The molecule has 26 heavy (non-hydrogen) atoms. The summed E-state index contributed by atoms with van der Waals surface area (Å²) >= 11 is 11.8. The molecule has 1 aliphatic rings. The van der Waals surface area contributed by atoms with Crippen LogP contribution in [0.3, 0.4) is 0 Å². The molecule has 3 rings (SSSR count). The van der Waals surface area contributed by atoms with Gasteiger partial charge in [0.15, 0.2) is 0 Å². The van der Waals surface area contributed by atoms with E-state index in [-0.39, 0.29) is 11.3 Å². The molecular weight excluding hydrogens is 381 g/mol.